The van der Waals surface area contributed by atoms with Gasteiger partial charge in [-0.15, -0.1) is 5.10 Å². The molecule has 1 aromatic rings. The number of carboxylic acid groups (broad SMARTS) is 1. The van der Waals surface area contributed by atoms with Gasteiger partial charge in [0, 0.05) is 0 Å². The molecule has 0 saturated heterocycles. The van der Waals surface area contributed by atoms with Crippen LogP contribution in [-0.2, 0) is 4.74 Å². The second-order valence-electron chi connectivity index (χ2n) is 1.48. The predicted molar refractivity (Wildman–Crippen MR) is 36.2 cm³/mol. The molecule has 0 fully saturated rings. The fraction of sp³-hybridized carbons (Fsp3) is 0.250. The highest BCUT2D eigenvalue weighted by Crippen LogP contribution is 2.11. The van der Waals surface area contributed by atoms with E-state index in [1.165, 1.54) is 6.20 Å². The molecule has 60 valence electrons. The first-order chi connectivity index (χ1) is 5.29. The summed E-state index contributed by atoms with van der Waals surface area (Å²) in [6, 6.07) is 0. The van der Waals surface area contributed by atoms with Crippen molar-refractivity contribution in [2.24, 2.45) is 0 Å². The number of aromatic nitrogens is 3. The molecule has 6 nitrogen and oxygen atoms in total. The monoisotopic (exact) mass is 175 g/mol. The number of hydrogen-bond acceptors (Lipinski definition) is 5. The first-order valence-electron chi connectivity index (χ1n) is 2.63. The topological polar surface area (TPSA) is 88.1 Å². The Labute approximate surface area is 65.9 Å². The van der Waals surface area contributed by atoms with Gasteiger partial charge < -0.3 is 9.84 Å². The zero-order chi connectivity index (χ0) is 8.10. The molecule has 1 rings (SSSR count). The Kier molecular flexibility index (Phi) is 2.73. The maximum absolute atomic E-state index is 9.85. The van der Waals surface area contributed by atoms with Crippen molar-refractivity contribution in [3.05, 3.63) is 6.20 Å². The molecule has 0 amide bonds. The third-order valence-electron chi connectivity index (χ3n) is 0.782. The van der Waals surface area contributed by atoms with Crippen LogP contribution in [0, 0.1) is 0 Å². The average molecular weight is 175 g/mol. The van der Waals surface area contributed by atoms with Gasteiger partial charge in [0.15, 0.2) is 0 Å². The normalized spacial score (nSPS) is 9.45. The summed E-state index contributed by atoms with van der Waals surface area (Å²) < 4.78 is 4.21. The lowest BCUT2D eigenvalue weighted by atomic mass is 11.0. The average Bonchev–Trinajstić information content (AvgIpc) is 2.39. The summed E-state index contributed by atoms with van der Waals surface area (Å²) in [6.07, 6.45) is 0.191. The number of rotatable bonds is 3. The number of H-pyrrole nitrogens is 1. The molecule has 1 heterocycles. The minimum absolute atomic E-state index is 0.0296. The van der Waals surface area contributed by atoms with Crippen molar-refractivity contribution < 1.29 is 14.6 Å². The third-order valence-corrected chi connectivity index (χ3v) is 1.51. The fourth-order valence-electron chi connectivity index (χ4n) is 0.401. The van der Waals surface area contributed by atoms with Gasteiger partial charge in [-0.25, -0.2) is 4.79 Å². The van der Waals surface area contributed by atoms with Crippen molar-refractivity contribution in [1.82, 2.24) is 15.4 Å². The molecule has 0 aliphatic heterocycles. The van der Waals surface area contributed by atoms with Crippen molar-refractivity contribution in [3.8, 4) is 0 Å². The van der Waals surface area contributed by atoms with Gasteiger partial charge in [0.1, 0.15) is 11.0 Å². The first-order valence-corrected chi connectivity index (χ1v) is 3.62. The van der Waals surface area contributed by atoms with E-state index in [9.17, 15) is 4.79 Å². The molecule has 0 bridgehead atoms. The minimum Gasteiger partial charge on any atom is -0.450 e. The molecule has 7 heteroatoms. The Hall–Kier alpha value is -1.24. The smallest absolute Gasteiger partial charge is 0.450 e. The quantitative estimate of drug-likeness (QED) is 0.396. The summed E-state index contributed by atoms with van der Waals surface area (Å²) in [4.78, 5) is 9.85. The summed E-state index contributed by atoms with van der Waals surface area (Å²) in [5, 5.41) is 18.2. The van der Waals surface area contributed by atoms with E-state index in [-0.39, 0.29) is 5.94 Å². The predicted octanol–water partition coefficient (Wildman–Crippen LogP) is 0.549. The molecule has 0 spiro atoms. The van der Waals surface area contributed by atoms with Gasteiger partial charge in [0.05, 0.1) is 6.20 Å². The van der Waals surface area contributed by atoms with Crippen LogP contribution in [0.25, 0.3) is 0 Å². The summed E-state index contributed by atoms with van der Waals surface area (Å²) in [5.74, 6) is 0.0296. The summed E-state index contributed by atoms with van der Waals surface area (Å²) in [6.45, 7) is 0. The van der Waals surface area contributed by atoms with E-state index in [0.717, 1.165) is 11.8 Å². The third kappa shape index (κ3) is 2.89. The van der Waals surface area contributed by atoms with Crippen LogP contribution in [0.5, 0.6) is 0 Å². The Bertz CT molecular complexity index is 224. The zero-order valence-electron chi connectivity index (χ0n) is 5.35. The van der Waals surface area contributed by atoms with Crippen LogP contribution in [0.1, 0.15) is 0 Å². The number of ether oxygens (including phenoxy) is 1. The summed E-state index contributed by atoms with van der Waals surface area (Å²) >= 11 is 1.15. The minimum atomic E-state index is -1.29. The van der Waals surface area contributed by atoms with Gasteiger partial charge in [0.25, 0.3) is 0 Å². The molecule has 0 radical (unpaired) electrons. The summed E-state index contributed by atoms with van der Waals surface area (Å²) in [7, 11) is 0. The van der Waals surface area contributed by atoms with E-state index >= 15 is 0 Å². The van der Waals surface area contributed by atoms with E-state index in [1.54, 1.807) is 0 Å². The van der Waals surface area contributed by atoms with Gasteiger partial charge in [-0.05, 0) is 0 Å². The van der Waals surface area contributed by atoms with Crippen molar-refractivity contribution >= 4 is 17.9 Å². The maximum atomic E-state index is 9.85. The number of thioether (sulfide) groups is 1. The van der Waals surface area contributed by atoms with E-state index in [2.05, 4.69) is 20.1 Å². The highest BCUT2D eigenvalue weighted by Gasteiger charge is 1.99. The van der Waals surface area contributed by atoms with Crippen molar-refractivity contribution in [1.29, 1.82) is 0 Å². The van der Waals surface area contributed by atoms with Gasteiger partial charge in [-0.3, -0.25) is 0 Å². The van der Waals surface area contributed by atoms with Crippen molar-refractivity contribution in [3.63, 3.8) is 0 Å². The number of carbonyl (C=O) groups is 1. The molecule has 0 unspecified atom stereocenters. The zero-order valence-corrected chi connectivity index (χ0v) is 6.17. The molecule has 0 saturated carbocycles. The molecule has 0 aliphatic carbocycles. The number of hydrogen-bond donors (Lipinski definition) is 2. The Balaban J connectivity index is 2.19. The van der Waals surface area contributed by atoms with E-state index in [0.29, 0.717) is 5.03 Å². The van der Waals surface area contributed by atoms with Crippen LogP contribution in [0.4, 0.5) is 4.79 Å². The molecule has 2 N–H and O–H groups in total. The van der Waals surface area contributed by atoms with Crippen molar-refractivity contribution in [2.45, 2.75) is 5.03 Å². The van der Waals surface area contributed by atoms with Crippen LogP contribution in [0.2, 0.25) is 0 Å². The molecule has 11 heavy (non-hydrogen) atoms. The van der Waals surface area contributed by atoms with Gasteiger partial charge in [-0.1, -0.05) is 11.8 Å². The lowest BCUT2D eigenvalue weighted by Gasteiger charge is -1.94. The van der Waals surface area contributed by atoms with E-state index in [1.807, 2.05) is 0 Å². The second kappa shape index (κ2) is 3.81. The Morgan fingerprint density at radius 2 is 2.73 bits per heavy atom. The van der Waals surface area contributed by atoms with Crippen LogP contribution in [-0.4, -0.2) is 32.6 Å². The molecule has 0 atom stereocenters. The molecular weight excluding hydrogens is 170 g/mol. The largest absolute Gasteiger partial charge is 0.506 e. The first kappa shape index (κ1) is 7.86. The highest BCUT2D eigenvalue weighted by atomic mass is 32.2. The Morgan fingerprint density at radius 3 is 3.27 bits per heavy atom. The number of aromatic amines is 1. The van der Waals surface area contributed by atoms with Gasteiger partial charge >= 0.3 is 6.16 Å². The van der Waals surface area contributed by atoms with Gasteiger partial charge in [-0.2, -0.15) is 10.3 Å². The Morgan fingerprint density at radius 1 is 1.91 bits per heavy atom. The van der Waals surface area contributed by atoms with Crippen molar-refractivity contribution in [2.75, 3.05) is 5.94 Å². The molecular formula is C4H5N3O3S. The summed E-state index contributed by atoms with van der Waals surface area (Å²) in [5.41, 5.74) is 0. The van der Waals surface area contributed by atoms with Crippen LogP contribution in [0.3, 0.4) is 0 Å². The van der Waals surface area contributed by atoms with Crippen LogP contribution in [0.15, 0.2) is 11.2 Å². The van der Waals surface area contributed by atoms with E-state index in [4.69, 9.17) is 5.11 Å². The van der Waals surface area contributed by atoms with Gasteiger partial charge in [0.2, 0.25) is 0 Å². The number of nitrogens with zero attached hydrogens (tertiary/aromatic N) is 2. The highest BCUT2D eigenvalue weighted by molar-refractivity contribution is 7.99. The maximum Gasteiger partial charge on any atom is 0.506 e. The SMILES string of the molecule is O=C(O)OCSc1cn[nH]n1. The standard InChI is InChI=1S/C4H5N3O3S/c8-4(9)10-2-11-3-1-5-7-6-3/h1H,2H2,(H,8,9)(H,5,6,7). The lowest BCUT2D eigenvalue weighted by Crippen LogP contribution is -1.98. The fourth-order valence-corrected chi connectivity index (χ4v) is 0.914. The second-order valence-corrected chi connectivity index (χ2v) is 2.42. The lowest BCUT2D eigenvalue weighted by molar-refractivity contribution is 0.109. The molecule has 0 aliphatic rings. The van der Waals surface area contributed by atoms with E-state index < -0.39 is 6.16 Å². The molecule has 0 aromatic carbocycles. The number of nitrogens with one attached hydrogen (secondary N) is 1. The van der Waals surface area contributed by atoms with Crippen LogP contribution >= 0.6 is 11.8 Å². The molecule has 1 aromatic heterocycles. The van der Waals surface area contributed by atoms with Crippen LogP contribution < -0.4 is 0 Å².